The van der Waals surface area contributed by atoms with Crippen molar-refractivity contribution in [3.63, 3.8) is 0 Å². The Balaban J connectivity index is 2.18. The number of rotatable bonds is 13. The first-order chi connectivity index (χ1) is 20.4. The van der Waals surface area contributed by atoms with E-state index in [1.165, 1.54) is 69.6 Å². The lowest BCUT2D eigenvalue weighted by Crippen LogP contribution is -2.51. The van der Waals surface area contributed by atoms with Gasteiger partial charge in [0.1, 0.15) is 18.3 Å². The van der Waals surface area contributed by atoms with E-state index in [1.807, 2.05) is 0 Å². The molecule has 0 aliphatic heterocycles. The molecule has 1 atom stereocenters. The average molecular weight is 673 g/mol. The third-order valence-corrected chi connectivity index (χ3v) is 9.24. The van der Waals surface area contributed by atoms with Gasteiger partial charge in [-0.2, -0.15) is 0 Å². The standard InChI is InChI=1S/C29H32Cl3N3O7S/c1-6-33-29(37)18(2)34(16-21-22(31)8-7-9-23(21)32)28(36)17-35(24-14-19(30)10-12-25(24)40-3)43(38,39)20-11-13-26(41-4)27(15-20)42-5/h7-15,18H,6,16-17H2,1-5H3,(H,33,37)/t18-/m0/s1. The van der Waals surface area contributed by atoms with Crippen LogP contribution < -0.4 is 23.8 Å². The Morgan fingerprint density at radius 3 is 2.07 bits per heavy atom. The van der Waals surface area contributed by atoms with Crippen LogP contribution in [0.25, 0.3) is 0 Å². The second-order valence-electron chi connectivity index (χ2n) is 9.14. The lowest BCUT2D eigenvalue weighted by molar-refractivity contribution is -0.139. The molecule has 0 spiro atoms. The summed E-state index contributed by atoms with van der Waals surface area (Å²) in [5, 5.41) is 3.45. The smallest absolute Gasteiger partial charge is 0.265 e. The second kappa shape index (κ2) is 14.9. The number of ether oxygens (including phenoxy) is 3. The van der Waals surface area contributed by atoms with Gasteiger partial charge >= 0.3 is 0 Å². The molecule has 232 valence electrons. The van der Waals surface area contributed by atoms with Gasteiger partial charge in [-0.1, -0.05) is 40.9 Å². The minimum atomic E-state index is -4.48. The maximum absolute atomic E-state index is 14.2. The Labute approximate surface area is 266 Å². The van der Waals surface area contributed by atoms with Crippen LogP contribution >= 0.6 is 34.8 Å². The Hall–Kier alpha value is -3.38. The van der Waals surface area contributed by atoms with E-state index in [9.17, 15) is 18.0 Å². The van der Waals surface area contributed by atoms with Crippen molar-refractivity contribution >= 4 is 62.3 Å². The minimum absolute atomic E-state index is 0.000441. The molecule has 43 heavy (non-hydrogen) atoms. The number of methoxy groups -OCH3 is 3. The number of benzene rings is 3. The first kappa shape index (κ1) is 34.1. The number of likely N-dealkylation sites (N-methyl/N-ethyl adjacent to an activating group) is 1. The van der Waals surface area contributed by atoms with Crippen LogP contribution in [0.3, 0.4) is 0 Å². The van der Waals surface area contributed by atoms with Crippen molar-refractivity contribution in [1.82, 2.24) is 10.2 Å². The summed E-state index contributed by atoms with van der Waals surface area (Å²) in [6.45, 7) is 2.68. The van der Waals surface area contributed by atoms with E-state index in [1.54, 1.807) is 25.1 Å². The highest BCUT2D eigenvalue weighted by Crippen LogP contribution is 2.37. The number of anilines is 1. The Kier molecular flexibility index (Phi) is 11.8. The Morgan fingerprint density at radius 1 is 0.884 bits per heavy atom. The van der Waals surface area contributed by atoms with Crippen LogP contribution in [0.1, 0.15) is 19.4 Å². The second-order valence-corrected chi connectivity index (χ2v) is 12.3. The highest BCUT2D eigenvalue weighted by Gasteiger charge is 2.35. The highest BCUT2D eigenvalue weighted by molar-refractivity contribution is 7.92. The van der Waals surface area contributed by atoms with Gasteiger partial charge in [0.25, 0.3) is 10.0 Å². The van der Waals surface area contributed by atoms with Gasteiger partial charge in [0.05, 0.1) is 31.9 Å². The molecule has 0 unspecified atom stereocenters. The quantitative estimate of drug-likeness (QED) is 0.258. The zero-order valence-corrected chi connectivity index (χ0v) is 27.3. The van der Waals surface area contributed by atoms with Crippen LogP contribution in [0.4, 0.5) is 5.69 Å². The average Bonchev–Trinajstić information content (AvgIpc) is 2.98. The topological polar surface area (TPSA) is 114 Å². The molecule has 0 heterocycles. The van der Waals surface area contributed by atoms with Crippen molar-refractivity contribution in [3.05, 3.63) is 75.2 Å². The number of sulfonamides is 1. The monoisotopic (exact) mass is 671 g/mol. The molecule has 0 aliphatic rings. The summed E-state index contributed by atoms with van der Waals surface area (Å²) in [5.41, 5.74) is 0.393. The van der Waals surface area contributed by atoms with E-state index in [0.29, 0.717) is 17.9 Å². The maximum Gasteiger partial charge on any atom is 0.265 e. The zero-order valence-electron chi connectivity index (χ0n) is 24.2. The largest absolute Gasteiger partial charge is 0.495 e. The summed E-state index contributed by atoms with van der Waals surface area (Å²) in [4.78, 5) is 28.1. The molecule has 3 aromatic carbocycles. The van der Waals surface area contributed by atoms with Gasteiger partial charge in [-0.05, 0) is 56.3 Å². The number of hydrogen-bond donors (Lipinski definition) is 1. The first-order valence-electron chi connectivity index (χ1n) is 13.0. The van der Waals surface area contributed by atoms with Crippen molar-refractivity contribution in [1.29, 1.82) is 0 Å². The van der Waals surface area contributed by atoms with Crippen molar-refractivity contribution in [2.45, 2.75) is 31.3 Å². The van der Waals surface area contributed by atoms with E-state index < -0.39 is 34.4 Å². The van der Waals surface area contributed by atoms with Gasteiger partial charge in [0.15, 0.2) is 11.5 Å². The number of hydrogen-bond acceptors (Lipinski definition) is 7. The molecule has 3 aromatic rings. The molecule has 0 saturated carbocycles. The molecule has 2 amide bonds. The highest BCUT2D eigenvalue weighted by atomic mass is 35.5. The third kappa shape index (κ3) is 7.77. The summed E-state index contributed by atoms with van der Waals surface area (Å²) in [6.07, 6.45) is 0. The zero-order chi connectivity index (χ0) is 31.9. The van der Waals surface area contributed by atoms with Crippen LogP contribution in [-0.4, -0.2) is 65.6 Å². The molecule has 0 aromatic heterocycles. The molecule has 0 aliphatic carbocycles. The molecule has 3 rings (SSSR count). The van der Waals surface area contributed by atoms with Crippen LogP contribution in [0, 0.1) is 0 Å². The summed E-state index contributed by atoms with van der Waals surface area (Å²) >= 11 is 19.1. The molecule has 0 saturated heterocycles. The summed E-state index contributed by atoms with van der Waals surface area (Å²) < 4.78 is 45.4. The van der Waals surface area contributed by atoms with Crippen LogP contribution in [0.5, 0.6) is 17.2 Å². The fourth-order valence-corrected chi connectivity index (χ4v) is 6.35. The Bertz CT molecular complexity index is 1570. The van der Waals surface area contributed by atoms with Gasteiger partial charge in [-0.15, -0.1) is 0 Å². The first-order valence-corrected chi connectivity index (χ1v) is 15.5. The normalized spacial score (nSPS) is 11.8. The molecule has 1 N–H and O–H groups in total. The summed E-state index contributed by atoms with van der Waals surface area (Å²) in [7, 11) is -0.325. The lowest BCUT2D eigenvalue weighted by atomic mass is 10.1. The van der Waals surface area contributed by atoms with Crippen molar-refractivity contribution < 1.29 is 32.2 Å². The molecular weight excluding hydrogens is 641 g/mol. The van der Waals surface area contributed by atoms with E-state index >= 15 is 0 Å². The van der Waals surface area contributed by atoms with E-state index in [0.717, 1.165) is 4.31 Å². The van der Waals surface area contributed by atoms with Gasteiger partial charge in [0.2, 0.25) is 11.8 Å². The molecule has 10 nitrogen and oxygen atoms in total. The number of nitrogens with zero attached hydrogens (tertiary/aromatic N) is 2. The maximum atomic E-state index is 14.2. The van der Waals surface area contributed by atoms with E-state index in [-0.39, 0.29) is 43.7 Å². The molecular formula is C29H32Cl3N3O7S. The number of nitrogens with one attached hydrogen (secondary N) is 1. The predicted octanol–water partition coefficient (Wildman–Crippen LogP) is 5.42. The summed E-state index contributed by atoms with van der Waals surface area (Å²) in [5.74, 6) is -0.566. The van der Waals surface area contributed by atoms with E-state index in [4.69, 9.17) is 49.0 Å². The lowest BCUT2D eigenvalue weighted by Gasteiger charge is -2.32. The fraction of sp³-hybridized carbons (Fsp3) is 0.310. The molecule has 0 fully saturated rings. The minimum Gasteiger partial charge on any atom is -0.495 e. The van der Waals surface area contributed by atoms with Gasteiger partial charge < -0.3 is 24.4 Å². The number of amides is 2. The van der Waals surface area contributed by atoms with Crippen LogP contribution in [0.15, 0.2) is 59.5 Å². The van der Waals surface area contributed by atoms with Crippen molar-refractivity contribution in [2.24, 2.45) is 0 Å². The fourth-order valence-electron chi connectivity index (χ4n) is 4.23. The number of carbonyl (C=O) groups is 2. The number of carbonyl (C=O) groups excluding carboxylic acids is 2. The molecule has 0 bridgehead atoms. The van der Waals surface area contributed by atoms with E-state index in [2.05, 4.69) is 5.32 Å². The predicted molar refractivity (Wildman–Crippen MR) is 167 cm³/mol. The van der Waals surface area contributed by atoms with Crippen molar-refractivity contribution in [2.75, 3.05) is 38.7 Å². The van der Waals surface area contributed by atoms with Crippen LogP contribution in [0.2, 0.25) is 15.1 Å². The van der Waals surface area contributed by atoms with Gasteiger partial charge in [-0.3, -0.25) is 13.9 Å². The molecule has 14 heteroatoms. The van der Waals surface area contributed by atoms with Crippen molar-refractivity contribution in [3.8, 4) is 17.2 Å². The van der Waals surface area contributed by atoms with Crippen LogP contribution in [-0.2, 0) is 26.2 Å². The number of halogens is 3. The van der Waals surface area contributed by atoms with Gasteiger partial charge in [-0.25, -0.2) is 8.42 Å². The SMILES string of the molecule is CCNC(=O)[C@H](C)N(Cc1c(Cl)cccc1Cl)C(=O)CN(c1cc(Cl)ccc1OC)S(=O)(=O)c1ccc(OC)c(OC)c1. The summed E-state index contributed by atoms with van der Waals surface area (Å²) in [6, 6.07) is 12.2. The molecule has 0 radical (unpaired) electrons. The van der Waals surface area contributed by atoms with Gasteiger partial charge in [0, 0.05) is 39.8 Å². The third-order valence-electron chi connectivity index (χ3n) is 6.54. The Morgan fingerprint density at radius 2 is 1.49 bits per heavy atom.